The molecule has 1 aromatic rings. The Hall–Kier alpha value is -0.860. The van der Waals surface area contributed by atoms with Crippen molar-refractivity contribution in [2.75, 3.05) is 0 Å². The molecule has 76 valence electrons. The van der Waals surface area contributed by atoms with Gasteiger partial charge in [0.05, 0.1) is 18.3 Å². The molecule has 1 saturated carbocycles. The molecule has 2 rings (SSSR count). The van der Waals surface area contributed by atoms with Crippen molar-refractivity contribution >= 4 is 0 Å². The molecular formula is C12H16O2. The van der Waals surface area contributed by atoms with Gasteiger partial charge in [-0.15, -0.1) is 0 Å². The van der Waals surface area contributed by atoms with E-state index in [0.717, 1.165) is 18.4 Å². The Morgan fingerprint density at radius 1 is 1.43 bits per heavy atom. The summed E-state index contributed by atoms with van der Waals surface area (Å²) < 4.78 is 5.63. The van der Waals surface area contributed by atoms with E-state index < -0.39 is 5.60 Å². The van der Waals surface area contributed by atoms with Crippen molar-refractivity contribution in [1.29, 1.82) is 0 Å². The molecule has 2 unspecified atom stereocenters. The van der Waals surface area contributed by atoms with Crippen LogP contribution in [0.25, 0.3) is 0 Å². The lowest BCUT2D eigenvalue weighted by Gasteiger charge is -2.42. The van der Waals surface area contributed by atoms with Gasteiger partial charge in [-0.2, -0.15) is 0 Å². The SMILES string of the molecule is CC1(O)CCC1OCc1ccccc1. The minimum atomic E-state index is -0.602. The molecule has 1 aliphatic rings. The first-order valence-electron chi connectivity index (χ1n) is 5.06. The standard InChI is InChI=1S/C12H16O2/c1-12(13)8-7-11(12)14-9-10-5-3-2-4-6-10/h2-6,11,13H,7-9H2,1H3. The maximum Gasteiger partial charge on any atom is 0.0881 e. The molecule has 14 heavy (non-hydrogen) atoms. The maximum absolute atomic E-state index is 9.73. The minimum Gasteiger partial charge on any atom is -0.387 e. The van der Waals surface area contributed by atoms with Crippen molar-refractivity contribution in [3.63, 3.8) is 0 Å². The Bertz CT molecular complexity index is 292. The largest absolute Gasteiger partial charge is 0.387 e. The van der Waals surface area contributed by atoms with Gasteiger partial charge in [0.2, 0.25) is 0 Å². The molecule has 2 nitrogen and oxygen atoms in total. The van der Waals surface area contributed by atoms with Crippen LogP contribution in [0.15, 0.2) is 30.3 Å². The molecular weight excluding hydrogens is 176 g/mol. The van der Waals surface area contributed by atoms with Gasteiger partial charge in [-0.1, -0.05) is 30.3 Å². The molecule has 0 radical (unpaired) electrons. The van der Waals surface area contributed by atoms with Crippen LogP contribution in [0.1, 0.15) is 25.3 Å². The van der Waals surface area contributed by atoms with E-state index in [1.165, 1.54) is 0 Å². The van der Waals surface area contributed by atoms with Gasteiger partial charge in [-0.25, -0.2) is 0 Å². The quantitative estimate of drug-likeness (QED) is 0.794. The van der Waals surface area contributed by atoms with Crippen molar-refractivity contribution in [2.45, 2.75) is 38.1 Å². The second kappa shape index (κ2) is 3.71. The van der Waals surface area contributed by atoms with Crippen molar-refractivity contribution in [2.24, 2.45) is 0 Å². The van der Waals surface area contributed by atoms with Gasteiger partial charge in [-0.05, 0) is 25.3 Å². The Morgan fingerprint density at radius 3 is 2.64 bits per heavy atom. The summed E-state index contributed by atoms with van der Waals surface area (Å²) in [5.41, 5.74) is 0.560. The summed E-state index contributed by atoms with van der Waals surface area (Å²) >= 11 is 0. The predicted molar refractivity (Wildman–Crippen MR) is 54.9 cm³/mol. The fourth-order valence-electron chi connectivity index (χ4n) is 1.71. The lowest BCUT2D eigenvalue weighted by molar-refractivity contribution is -0.166. The second-order valence-electron chi connectivity index (χ2n) is 4.18. The lowest BCUT2D eigenvalue weighted by atomic mass is 9.78. The van der Waals surface area contributed by atoms with Crippen LogP contribution in [0, 0.1) is 0 Å². The van der Waals surface area contributed by atoms with E-state index in [9.17, 15) is 5.11 Å². The normalized spacial score (nSPS) is 31.1. The number of ether oxygens (including phenoxy) is 1. The monoisotopic (exact) mass is 192 g/mol. The van der Waals surface area contributed by atoms with E-state index in [2.05, 4.69) is 0 Å². The first kappa shape index (κ1) is 9.69. The van der Waals surface area contributed by atoms with Crippen LogP contribution < -0.4 is 0 Å². The van der Waals surface area contributed by atoms with Gasteiger partial charge in [-0.3, -0.25) is 0 Å². The highest BCUT2D eigenvalue weighted by molar-refractivity contribution is 5.13. The van der Waals surface area contributed by atoms with E-state index in [1.807, 2.05) is 37.3 Å². The summed E-state index contributed by atoms with van der Waals surface area (Å²) in [4.78, 5) is 0. The van der Waals surface area contributed by atoms with Crippen LogP contribution in [0.4, 0.5) is 0 Å². The van der Waals surface area contributed by atoms with Crippen LogP contribution >= 0.6 is 0 Å². The van der Waals surface area contributed by atoms with Crippen LogP contribution in [0.2, 0.25) is 0 Å². The Kier molecular flexibility index (Phi) is 2.57. The lowest BCUT2D eigenvalue weighted by Crippen LogP contribution is -2.50. The molecule has 0 saturated heterocycles. The average molecular weight is 192 g/mol. The van der Waals surface area contributed by atoms with Crippen LogP contribution in [-0.4, -0.2) is 16.8 Å². The molecule has 0 spiro atoms. The van der Waals surface area contributed by atoms with Gasteiger partial charge in [0, 0.05) is 0 Å². The average Bonchev–Trinajstić information content (AvgIpc) is 2.18. The van der Waals surface area contributed by atoms with E-state index in [0.29, 0.717) is 6.61 Å². The Balaban J connectivity index is 1.84. The van der Waals surface area contributed by atoms with Crippen molar-refractivity contribution in [1.82, 2.24) is 0 Å². The number of rotatable bonds is 3. The van der Waals surface area contributed by atoms with Crippen LogP contribution in [-0.2, 0) is 11.3 Å². The molecule has 0 bridgehead atoms. The summed E-state index contributed by atoms with van der Waals surface area (Å²) in [6.45, 7) is 2.44. The first-order chi connectivity index (χ1) is 6.68. The zero-order valence-electron chi connectivity index (χ0n) is 8.44. The number of benzene rings is 1. The van der Waals surface area contributed by atoms with Gasteiger partial charge < -0.3 is 9.84 Å². The molecule has 0 heterocycles. The molecule has 0 aromatic heterocycles. The summed E-state index contributed by atoms with van der Waals surface area (Å²) in [5.74, 6) is 0. The molecule has 1 N–H and O–H groups in total. The number of hydrogen-bond donors (Lipinski definition) is 1. The predicted octanol–water partition coefficient (Wildman–Crippen LogP) is 2.12. The molecule has 0 amide bonds. The van der Waals surface area contributed by atoms with Gasteiger partial charge in [0.25, 0.3) is 0 Å². The molecule has 2 heteroatoms. The minimum absolute atomic E-state index is 0.0164. The van der Waals surface area contributed by atoms with Crippen LogP contribution in [0.5, 0.6) is 0 Å². The highest BCUT2D eigenvalue weighted by Gasteiger charge is 2.41. The highest BCUT2D eigenvalue weighted by Crippen LogP contribution is 2.34. The number of aliphatic hydroxyl groups is 1. The van der Waals surface area contributed by atoms with Gasteiger partial charge in [0.1, 0.15) is 0 Å². The third kappa shape index (κ3) is 1.97. The summed E-state index contributed by atoms with van der Waals surface area (Å²) in [5, 5.41) is 9.73. The Labute approximate surface area is 84.5 Å². The zero-order valence-corrected chi connectivity index (χ0v) is 8.44. The van der Waals surface area contributed by atoms with Crippen LogP contribution in [0.3, 0.4) is 0 Å². The summed E-state index contributed by atoms with van der Waals surface area (Å²) in [6, 6.07) is 10.1. The van der Waals surface area contributed by atoms with E-state index >= 15 is 0 Å². The van der Waals surface area contributed by atoms with Crippen molar-refractivity contribution in [3.05, 3.63) is 35.9 Å². The summed E-state index contributed by atoms with van der Waals surface area (Å²) in [7, 11) is 0. The highest BCUT2D eigenvalue weighted by atomic mass is 16.5. The number of hydrogen-bond acceptors (Lipinski definition) is 2. The van der Waals surface area contributed by atoms with E-state index in [-0.39, 0.29) is 6.10 Å². The zero-order chi connectivity index (χ0) is 10.0. The van der Waals surface area contributed by atoms with Crippen molar-refractivity contribution in [3.8, 4) is 0 Å². The molecule has 0 aliphatic heterocycles. The fraction of sp³-hybridized carbons (Fsp3) is 0.500. The second-order valence-corrected chi connectivity index (χ2v) is 4.18. The first-order valence-corrected chi connectivity index (χ1v) is 5.06. The smallest absolute Gasteiger partial charge is 0.0881 e. The van der Waals surface area contributed by atoms with Gasteiger partial charge >= 0.3 is 0 Å². The van der Waals surface area contributed by atoms with E-state index in [4.69, 9.17) is 4.74 Å². The molecule has 2 atom stereocenters. The molecule has 1 fully saturated rings. The fourth-order valence-corrected chi connectivity index (χ4v) is 1.71. The molecule has 1 aliphatic carbocycles. The third-order valence-corrected chi connectivity index (χ3v) is 2.90. The summed E-state index contributed by atoms with van der Waals surface area (Å²) in [6.07, 6.45) is 1.84. The topological polar surface area (TPSA) is 29.5 Å². The van der Waals surface area contributed by atoms with Gasteiger partial charge in [0.15, 0.2) is 0 Å². The van der Waals surface area contributed by atoms with Crippen molar-refractivity contribution < 1.29 is 9.84 Å². The maximum atomic E-state index is 9.73. The molecule has 1 aromatic carbocycles. The third-order valence-electron chi connectivity index (χ3n) is 2.90. The Morgan fingerprint density at radius 2 is 2.14 bits per heavy atom. The van der Waals surface area contributed by atoms with E-state index in [1.54, 1.807) is 0 Å².